The highest BCUT2D eigenvalue weighted by Crippen LogP contribution is 2.47. The average molecular weight is 352 g/mol. The van der Waals surface area contributed by atoms with E-state index in [0.29, 0.717) is 24.9 Å². The number of aliphatic hydroxyl groups excluding tert-OH is 1. The molecule has 1 amide bonds. The fourth-order valence-electron chi connectivity index (χ4n) is 3.71. The second-order valence-electron chi connectivity index (χ2n) is 6.48. The van der Waals surface area contributed by atoms with Crippen molar-refractivity contribution in [2.24, 2.45) is 5.92 Å². The summed E-state index contributed by atoms with van der Waals surface area (Å²) in [4.78, 5) is 26.3. The first kappa shape index (κ1) is 19.3. The maximum Gasteiger partial charge on any atom is 0.324 e. The highest BCUT2D eigenvalue weighted by molar-refractivity contribution is 5.85. The number of likely N-dealkylation sites (tertiary alicyclic amines) is 1. The van der Waals surface area contributed by atoms with Gasteiger partial charge in [-0.2, -0.15) is 0 Å². The van der Waals surface area contributed by atoms with Crippen molar-refractivity contribution >= 4 is 11.9 Å². The molecule has 0 radical (unpaired) electrons. The molecule has 2 rings (SSSR count). The van der Waals surface area contributed by atoms with Crippen LogP contribution in [0.4, 0.5) is 4.39 Å². The first-order valence-electron chi connectivity index (χ1n) is 8.47. The summed E-state index contributed by atoms with van der Waals surface area (Å²) in [6.45, 7) is 2.09. The van der Waals surface area contributed by atoms with E-state index in [1.807, 2.05) is 0 Å². The molecule has 0 saturated carbocycles. The van der Waals surface area contributed by atoms with Gasteiger partial charge in [0.2, 0.25) is 5.91 Å². The quantitative estimate of drug-likeness (QED) is 0.648. The lowest BCUT2D eigenvalue weighted by Crippen LogP contribution is -2.48. The highest BCUT2D eigenvalue weighted by Gasteiger charge is 2.56. The molecule has 0 spiro atoms. The molecule has 138 valence electrons. The number of amides is 1. The number of rotatable bonds is 7. The Bertz CT molecular complexity index is 622. The van der Waals surface area contributed by atoms with E-state index < -0.39 is 23.5 Å². The molecule has 1 aromatic carbocycles. The Labute approximate surface area is 146 Å². The van der Waals surface area contributed by atoms with E-state index in [-0.39, 0.29) is 24.8 Å². The number of benzene rings is 1. The first-order valence-corrected chi connectivity index (χ1v) is 8.47. The molecule has 0 unspecified atom stereocenters. The number of hydrogen-bond donors (Lipinski definition) is 3. The summed E-state index contributed by atoms with van der Waals surface area (Å²) in [5.41, 5.74) is -0.430. The Morgan fingerprint density at radius 3 is 2.52 bits per heavy atom. The summed E-state index contributed by atoms with van der Waals surface area (Å²) in [7, 11) is 1.70. The zero-order chi connectivity index (χ0) is 18.6. The molecule has 1 saturated heterocycles. The second-order valence-corrected chi connectivity index (χ2v) is 6.48. The number of likely N-dealkylation sites (N-methyl/N-ethyl adjacent to an activating group) is 1. The number of aliphatic hydroxyl groups is 1. The molecule has 0 aliphatic carbocycles. The molecule has 6 nitrogen and oxygen atoms in total. The van der Waals surface area contributed by atoms with Crippen LogP contribution in [0.1, 0.15) is 37.8 Å². The number of carbonyl (C=O) groups is 2. The third-order valence-corrected chi connectivity index (χ3v) is 5.20. The van der Waals surface area contributed by atoms with Crippen LogP contribution in [0.5, 0.6) is 0 Å². The van der Waals surface area contributed by atoms with E-state index >= 15 is 0 Å². The average Bonchev–Trinajstić information content (AvgIpc) is 2.90. The van der Waals surface area contributed by atoms with Crippen LogP contribution in [0.25, 0.3) is 0 Å². The van der Waals surface area contributed by atoms with Crippen molar-refractivity contribution in [2.45, 2.75) is 37.8 Å². The van der Waals surface area contributed by atoms with Gasteiger partial charge in [-0.3, -0.25) is 14.5 Å². The minimum atomic E-state index is -1.14. The van der Waals surface area contributed by atoms with Crippen LogP contribution in [-0.4, -0.2) is 52.7 Å². The van der Waals surface area contributed by atoms with Gasteiger partial charge in [0, 0.05) is 19.2 Å². The van der Waals surface area contributed by atoms with Gasteiger partial charge in [0.05, 0.1) is 5.92 Å². The molecular weight excluding hydrogens is 327 g/mol. The van der Waals surface area contributed by atoms with E-state index in [1.165, 1.54) is 12.1 Å². The van der Waals surface area contributed by atoms with Crippen molar-refractivity contribution in [1.29, 1.82) is 0 Å². The summed E-state index contributed by atoms with van der Waals surface area (Å²) in [6.07, 6.45) is 0.979. The molecular formula is C18H25FN2O4. The summed E-state index contributed by atoms with van der Waals surface area (Å²) in [5.74, 6) is -2.15. The molecule has 3 atom stereocenters. The van der Waals surface area contributed by atoms with Gasteiger partial charge in [-0.15, -0.1) is 0 Å². The summed E-state index contributed by atoms with van der Waals surface area (Å²) in [5, 5.41) is 21.4. The lowest BCUT2D eigenvalue weighted by molar-refractivity contribution is -0.150. The van der Waals surface area contributed by atoms with E-state index in [0.717, 1.165) is 0 Å². The Kier molecular flexibility index (Phi) is 6.13. The van der Waals surface area contributed by atoms with Crippen LogP contribution in [0.2, 0.25) is 0 Å². The summed E-state index contributed by atoms with van der Waals surface area (Å²) in [6, 6.07) is 5.37. The number of aliphatic carboxylic acids is 1. The smallest absolute Gasteiger partial charge is 0.324 e. The van der Waals surface area contributed by atoms with Gasteiger partial charge >= 0.3 is 5.97 Å². The summed E-state index contributed by atoms with van der Waals surface area (Å²) < 4.78 is 13.3. The highest BCUT2D eigenvalue weighted by atomic mass is 19.1. The van der Waals surface area contributed by atoms with Crippen LogP contribution in [0, 0.1) is 11.7 Å². The number of hydrogen-bond acceptors (Lipinski definition) is 4. The third kappa shape index (κ3) is 3.67. The lowest BCUT2D eigenvalue weighted by atomic mass is 9.87. The van der Waals surface area contributed by atoms with Gasteiger partial charge in [0.25, 0.3) is 0 Å². The van der Waals surface area contributed by atoms with E-state index in [2.05, 4.69) is 5.32 Å². The van der Waals surface area contributed by atoms with Crippen molar-refractivity contribution in [3.8, 4) is 0 Å². The molecule has 7 heteroatoms. The fourth-order valence-corrected chi connectivity index (χ4v) is 3.71. The molecule has 0 bridgehead atoms. The Morgan fingerprint density at radius 2 is 2.00 bits per heavy atom. The van der Waals surface area contributed by atoms with Crippen molar-refractivity contribution in [3.05, 3.63) is 35.6 Å². The number of halogens is 1. The first-order chi connectivity index (χ1) is 11.9. The zero-order valence-corrected chi connectivity index (χ0v) is 14.5. The second kappa shape index (κ2) is 7.93. The Balaban J connectivity index is 2.37. The van der Waals surface area contributed by atoms with Gasteiger partial charge < -0.3 is 15.5 Å². The zero-order valence-electron chi connectivity index (χ0n) is 14.5. The number of carboxylic acids is 1. The van der Waals surface area contributed by atoms with Crippen molar-refractivity contribution < 1.29 is 24.2 Å². The lowest BCUT2D eigenvalue weighted by Gasteiger charge is -2.34. The van der Waals surface area contributed by atoms with Crippen LogP contribution in [0.3, 0.4) is 0 Å². The molecule has 1 aliphatic rings. The third-order valence-electron chi connectivity index (χ3n) is 5.20. The molecule has 3 N–H and O–H groups in total. The van der Waals surface area contributed by atoms with Crippen molar-refractivity contribution in [1.82, 2.24) is 10.2 Å². The van der Waals surface area contributed by atoms with Crippen LogP contribution in [-0.2, 0) is 9.59 Å². The van der Waals surface area contributed by atoms with Gasteiger partial charge in [0.1, 0.15) is 11.4 Å². The molecule has 1 heterocycles. The Morgan fingerprint density at radius 1 is 1.36 bits per heavy atom. The molecule has 0 aromatic heterocycles. The molecule has 1 fully saturated rings. The topological polar surface area (TPSA) is 89.9 Å². The number of nitrogens with one attached hydrogen (secondary N) is 1. The van der Waals surface area contributed by atoms with Crippen molar-refractivity contribution in [3.63, 3.8) is 0 Å². The van der Waals surface area contributed by atoms with Crippen LogP contribution in [0.15, 0.2) is 24.3 Å². The van der Waals surface area contributed by atoms with Crippen molar-refractivity contribution in [2.75, 3.05) is 20.2 Å². The number of carboxylic acid groups (broad SMARTS) is 1. The predicted octanol–water partition coefficient (Wildman–Crippen LogP) is 1.55. The minimum Gasteiger partial charge on any atom is -0.480 e. The predicted molar refractivity (Wildman–Crippen MR) is 90.4 cm³/mol. The van der Waals surface area contributed by atoms with Gasteiger partial charge in [0.15, 0.2) is 0 Å². The molecule has 1 aliphatic heterocycles. The van der Waals surface area contributed by atoms with Crippen LogP contribution >= 0.6 is 0 Å². The maximum absolute atomic E-state index is 13.3. The van der Waals surface area contributed by atoms with E-state index in [1.54, 1.807) is 31.0 Å². The fraction of sp³-hybridized carbons (Fsp3) is 0.556. The van der Waals surface area contributed by atoms with Crippen LogP contribution < -0.4 is 5.32 Å². The molecule has 25 heavy (non-hydrogen) atoms. The summed E-state index contributed by atoms with van der Waals surface area (Å²) >= 11 is 0. The van der Waals surface area contributed by atoms with E-state index in [4.69, 9.17) is 5.11 Å². The molecule has 1 aromatic rings. The minimum absolute atomic E-state index is 0.0275. The van der Waals surface area contributed by atoms with Gasteiger partial charge in [-0.05, 0) is 44.0 Å². The maximum atomic E-state index is 13.3. The SMILES string of the molecule is CC[C@@]1(C(=O)O)C[C@H](C(=O)NCCCO)[C@H](c2ccc(F)cc2)N1C. The van der Waals surface area contributed by atoms with Gasteiger partial charge in [-0.1, -0.05) is 19.1 Å². The van der Waals surface area contributed by atoms with E-state index in [9.17, 15) is 19.1 Å². The number of carbonyl (C=O) groups excluding carboxylic acids is 1. The standard InChI is InChI=1S/C18H25FN2O4/c1-3-18(17(24)25)11-14(16(23)20-9-4-10-22)15(21(18)2)12-5-7-13(19)8-6-12/h5-8,14-15,22H,3-4,9-11H2,1-2H3,(H,20,23)(H,24,25)/t14-,15-,18-/m0/s1. The largest absolute Gasteiger partial charge is 0.480 e. The Hall–Kier alpha value is -1.99. The monoisotopic (exact) mass is 352 g/mol. The normalized spacial score (nSPS) is 26.6. The number of nitrogens with zero attached hydrogens (tertiary/aromatic N) is 1. The van der Waals surface area contributed by atoms with Gasteiger partial charge in [-0.25, -0.2) is 4.39 Å².